The molecular weight excluding hydrogens is 232 g/mol. The van der Waals surface area contributed by atoms with E-state index in [0.717, 1.165) is 12.1 Å². The standard InChI is InChI=1S/C10H11F2N3O2/c11-7-2-1-6(3-8(7)12)4-10(16)14-5-9(13)15-17/h1-3,17H,4-5H2,(H2,13,15)(H,14,16). The van der Waals surface area contributed by atoms with Gasteiger partial charge in [-0.25, -0.2) is 8.78 Å². The van der Waals surface area contributed by atoms with Crippen LogP contribution >= 0.6 is 0 Å². The molecule has 0 saturated carbocycles. The molecule has 0 fully saturated rings. The molecule has 0 bridgehead atoms. The second kappa shape index (κ2) is 5.78. The number of benzene rings is 1. The summed E-state index contributed by atoms with van der Waals surface area (Å²) in [6.45, 7) is -0.112. The van der Waals surface area contributed by atoms with E-state index in [1.807, 2.05) is 0 Å². The van der Waals surface area contributed by atoms with Crippen LogP contribution in [-0.4, -0.2) is 23.5 Å². The van der Waals surface area contributed by atoms with Crippen LogP contribution in [0.1, 0.15) is 5.56 Å². The Morgan fingerprint density at radius 2 is 2.12 bits per heavy atom. The van der Waals surface area contributed by atoms with Gasteiger partial charge in [-0.2, -0.15) is 0 Å². The second-order valence-corrected chi connectivity index (χ2v) is 3.29. The number of oxime groups is 1. The molecule has 1 amide bonds. The summed E-state index contributed by atoms with van der Waals surface area (Å²) >= 11 is 0. The minimum Gasteiger partial charge on any atom is -0.409 e. The lowest BCUT2D eigenvalue weighted by atomic mass is 10.1. The van der Waals surface area contributed by atoms with E-state index < -0.39 is 17.5 Å². The van der Waals surface area contributed by atoms with Gasteiger partial charge in [0.1, 0.15) is 0 Å². The van der Waals surface area contributed by atoms with Crippen LogP contribution in [-0.2, 0) is 11.2 Å². The topological polar surface area (TPSA) is 87.7 Å². The largest absolute Gasteiger partial charge is 0.409 e. The van der Waals surface area contributed by atoms with Gasteiger partial charge in [0.05, 0.1) is 13.0 Å². The number of nitrogens with two attached hydrogens (primary N) is 1. The molecule has 1 aromatic carbocycles. The van der Waals surface area contributed by atoms with Gasteiger partial charge < -0.3 is 16.3 Å². The molecule has 0 unspecified atom stereocenters. The number of hydrogen-bond acceptors (Lipinski definition) is 3. The summed E-state index contributed by atoms with van der Waals surface area (Å²) < 4.78 is 25.4. The highest BCUT2D eigenvalue weighted by molar-refractivity contribution is 5.87. The van der Waals surface area contributed by atoms with Crippen molar-refractivity contribution in [3.8, 4) is 0 Å². The van der Waals surface area contributed by atoms with Gasteiger partial charge in [0.15, 0.2) is 17.5 Å². The van der Waals surface area contributed by atoms with Crippen molar-refractivity contribution in [3.63, 3.8) is 0 Å². The van der Waals surface area contributed by atoms with Crippen LogP contribution in [0.15, 0.2) is 23.4 Å². The van der Waals surface area contributed by atoms with E-state index in [1.165, 1.54) is 6.07 Å². The Balaban J connectivity index is 2.53. The van der Waals surface area contributed by atoms with E-state index in [9.17, 15) is 13.6 Å². The highest BCUT2D eigenvalue weighted by Gasteiger charge is 2.07. The molecule has 7 heteroatoms. The zero-order valence-corrected chi connectivity index (χ0v) is 8.78. The van der Waals surface area contributed by atoms with E-state index in [-0.39, 0.29) is 18.8 Å². The molecule has 0 spiro atoms. The Bertz CT molecular complexity index is 449. The number of carbonyl (C=O) groups excluding carboxylic acids is 1. The average molecular weight is 243 g/mol. The maximum Gasteiger partial charge on any atom is 0.224 e. The number of halogens is 2. The maximum absolute atomic E-state index is 12.8. The Hall–Kier alpha value is -2.18. The minimum absolute atomic E-state index is 0.112. The molecule has 0 radical (unpaired) electrons. The van der Waals surface area contributed by atoms with Gasteiger partial charge in [0.2, 0.25) is 5.91 Å². The van der Waals surface area contributed by atoms with Crippen molar-refractivity contribution >= 4 is 11.7 Å². The molecule has 0 atom stereocenters. The smallest absolute Gasteiger partial charge is 0.224 e. The molecule has 0 saturated heterocycles. The Morgan fingerprint density at radius 3 is 2.71 bits per heavy atom. The first-order valence-corrected chi connectivity index (χ1v) is 4.70. The summed E-state index contributed by atoms with van der Waals surface area (Å²) in [4.78, 5) is 11.3. The molecule has 0 aliphatic carbocycles. The van der Waals surface area contributed by atoms with Crippen molar-refractivity contribution in [1.29, 1.82) is 0 Å². The summed E-state index contributed by atoms with van der Waals surface area (Å²) in [6, 6.07) is 3.20. The fourth-order valence-electron chi connectivity index (χ4n) is 1.12. The van der Waals surface area contributed by atoms with Crippen molar-refractivity contribution in [2.45, 2.75) is 6.42 Å². The van der Waals surface area contributed by atoms with Gasteiger partial charge in [-0.15, -0.1) is 0 Å². The van der Waals surface area contributed by atoms with Crippen LogP contribution < -0.4 is 11.1 Å². The highest BCUT2D eigenvalue weighted by Crippen LogP contribution is 2.08. The second-order valence-electron chi connectivity index (χ2n) is 3.29. The first-order chi connectivity index (χ1) is 8.02. The molecule has 0 heterocycles. The monoisotopic (exact) mass is 243 g/mol. The summed E-state index contributed by atoms with van der Waals surface area (Å²) in [5.41, 5.74) is 5.47. The maximum atomic E-state index is 12.8. The third-order valence-electron chi connectivity index (χ3n) is 1.94. The first kappa shape index (κ1) is 12.9. The third-order valence-corrected chi connectivity index (χ3v) is 1.94. The summed E-state index contributed by atoms with van der Waals surface area (Å²) in [7, 11) is 0. The van der Waals surface area contributed by atoms with E-state index in [4.69, 9.17) is 10.9 Å². The third kappa shape index (κ3) is 4.06. The van der Waals surface area contributed by atoms with Crippen molar-refractivity contribution in [2.24, 2.45) is 10.9 Å². The lowest BCUT2D eigenvalue weighted by Gasteiger charge is -2.04. The van der Waals surface area contributed by atoms with Crippen LogP contribution in [0, 0.1) is 11.6 Å². The predicted molar refractivity (Wildman–Crippen MR) is 56.5 cm³/mol. The number of hydrogen-bond donors (Lipinski definition) is 3. The van der Waals surface area contributed by atoms with Crippen LogP contribution in [0.25, 0.3) is 0 Å². The number of nitrogens with zero attached hydrogens (tertiary/aromatic N) is 1. The van der Waals surface area contributed by atoms with Gasteiger partial charge in [0, 0.05) is 0 Å². The van der Waals surface area contributed by atoms with Crippen LogP contribution in [0.4, 0.5) is 8.78 Å². The van der Waals surface area contributed by atoms with Crippen molar-refractivity contribution < 1.29 is 18.8 Å². The van der Waals surface area contributed by atoms with E-state index in [0.29, 0.717) is 5.56 Å². The molecule has 1 rings (SSSR count). The molecular formula is C10H11F2N3O2. The SMILES string of the molecule is NC(CNC(=O)Cc1ccc(F)c(F)c1)=NO. The van der Waals surface area contributed by atoms with Gasteiger partial charge in [0.25, 0.3) is 0 Å². The van der Waals surface area contributed by atoms with E-state index >= 15 is 0 Å². The Morgan fingerprint density at radius 1 is 1.41 bits per heavy atom. The molecule has 17 heavy (non-hydrogen) atoms. The molecule has 1 aromatic rings. The zero-order chi connectivity index (χ0) is 12.8. The Kier molecular flexibility index (Phi) is 4.38. The lowest BCUT2D eigenvalue weighted by Crippen LogP contribution is -2.34. The first-order valence-electron chi connectivity index (χ1n) is 4.70. The molecule has 0 aliphatic rings. The molecule has 0 aliphatic heterocycles. The van der Waals surface area contributed by atoms with Gasteiger partial charge in [-0.1, -0.05) is 11.2 Å². The molecule has 4 N–H and O–H groups in total. The van der Waals surface area contributed by atoms with E-state index in [1.54, 1.807) is 0 Å². The summed E-state index contributed by atoms with van der Waals surface area (Å²) in [5, 5.41) is 13.2. The predicted octanol–water partition coefficient (Wildman–Crippen LogP) is 0.370. The Labute approximate surface area is 95.9 Å². The quantitative estimate of drug-likeness (QED) is 0.309. The minimum atomic E-state index is -1.01. The highest BCUT2D eigenvalue weighted by atomic mass is 19.2. The fourth-order valence-corrected chi connectivity index (χ4v) is 1.12. The van der Waals surface area contributed by atoms with Crippen molar-refractivity contribution in [2.75, 3.05) is 6.54 Å². The van der Waals surface area contributed by atoms with Crippen LogP contribution in [0.3, 0.4) is 0 Å². The van der Waals surface area contributed by atoms with Gasteiger partial charge >= 0.3 is 0 Å². The lowest BCUT2D eigenvalue weighted by molar-refractivity contribution is -0.120. The zero-order valence-electron chi connectivity index (χ0n) is 8.78. The average Bonchev–Trinajstić information content (AvgIpc) is 2.31. The van der Waals surface area contributed by atoms with Crippen molar-refractivity contribution in [1.82, 2.24) is 5.32 Å². The normalized spacial score (nSPS) is 11.3. The molecule has 92 valence electrons. The summed E-state index contributed by atoms with van der Waals surface area (Å²) in [6.07, 6.45) is -0.115. The number of amidine groups is 1. The van der Waals surface area contributed by atoms with Crippen LogP contribution in [0.5, 0.6) is 0 Å². The van der Waals surface area contributed by atoms with Gasteiger partial charge in [-0.05, 0) is 17.7 Å². The number of carbonyl (C=O) groups is 1. The number of rotatable bonds is 4. The van der Waals surface area contributed by atoms with Gasteiger partial charge in [-0.3, -0.25) is 4.79 Å². The van der Waals surface area contributed by atoms with Crippen LogP contribution in [0.2, 0.25) is 0 Å². The van der Waals surface area contributed by atoms with Crippen molar-refractivity contribution in [3.05, 3.63) is 35.4 Å². The fraction of sp³-hybridized carbons (Fsp3) is 0.200. The molecule has 0 aromatic heterocycles. The van der Waals surface area contributed by atoms with E-state index in [2.05, 4.69) is 10.5 Å². The summed E-state index contributed by atoms with van der Waals surface area (Å²) in [5.74, 6) is -2.57. The number of amides is 1. The molecule has 5 nitrogen and oxygen atoms in total. The number of nitrogens with one attached hydrogen (secondary N) is 1.